The van der Waals surface area contributed by atoms with Crippen molar-refractivity contribution in [3.63, 3.8) is 0 Å². The highest BCUT2D eigenvalue weighted by atomic mass is 16.5. The van der Waals surface area contributed by atoms with Gasteiger partial charge in [-0.3, -0.25) is 0 Å². The van der Waals surface area contributed by atoms with Crippen LogP contribution in [-0.2, 0) is 6.42 Å². The zero-order valence-electron chi connectivity index (χ0n) is 11.8. The van der Waals surface area contributed by atoms with Crippen LogP contribution in [0.2, 0.25) is 0 Å². The molecule has 1 aromatic heterocycles. The fourth-order valence-electron chi connectivity index (χ4n) is 2.79. The zero-order chi connectivity index (χ0) is 13.0. The van der Waals surface area contributed by atoms with Crippen LogP contribution in [0.1, 0.15) is 63.6 Å². The van der Waals surface area contributed by atoms with E-state index in [1.165, 1.54) is 25.7 Å². The first-order valence-corrected chi connectivity index (χ1v) is 7.24. The minimum atomic E-state index is 0.391. The standard InChI is InChI=1S/C14H25N3O/c1-4-10(2)14-16-13(18-17-14)9-12(15-3)11-7-5-6-8-11/h10-12,15H,4-9H2,1-3H3. The van der Waals surface area contributed by atoms with E-state index in [0.717, 1.165) is 30.5 Å². The van der Waals surface area contributed by atoms with Crippen molar-refractivity contribution in [3.05, 3.63) is 11.7 Å². The van der Waals surface area contributed by atoms with Crippen molar-refractivity contribution in [2.45, 2.75) is 64.3 Å². The highest BCUT2D eigenvalue weighted by Crippen LogP contribution is 2.29. The fourth-order valence-corrected chi connectivity index (χ4v) is 2.79. The van der Waals surface area contributed by atoms with Crippen molar-refractivity contribution >= 4 is 0 Å². The van der Waals surface area contributed by atoms with Gasteiger partial charge in [-0.05, 0) is 32.2 Å². The van der Waals surface area contributed by atoms with Gasteiger partial charge in [-0.2, -0.15) is 4.98 Å². The molecular formula is C14H25N3O. The molecule has 0 spiro atoms. The predicted molar refractivity (Wildman–Crippen MR) is 71.5 cm³/mol. The Kier molecular flexibility index (Phi) is 4.75. The molecule has 1 aliphatic carbocycles. The number of nitrogens with one attached hydrogen (secondary N) is 1. The maximum Gasteiger partial charge on any atom is 0.228 e. The number of hydrogen-bond acceptors (Lipinski definition) is 4. The van der Waals surface area contributed by atoms with Crippen molar-refractivity contribution in [2.24, 2.45) is 5.92 Å². The second kappa shape index (κ2) is 6.32. The molecule has 4 nitrogen and oxygen atoms in total. The molecule has 18 heavy (non-hydrogen) atoms. The Morgan fingerprint density at radius 2 is 2.11 bits per heavy atom. The summed E-state index contributed by atoms with van der Waals surface area (Å²) in [4.78, 5) is 4.52. The molecule has 1 heterocycles. The lowest BCUT2D eigenvalue weighted by molar-refractivity contribution is 0.316. The molecule has 0 radical (unpaired) electrons. The molecule has 2 unspecified atom stereocenters. The van der Waals surface area contributed by atoms with E-state index in [4.69, 9.17) is 4.52 Å². The molecule has 0 saturated heterocycles. The van der Waals surface area contributed by atoms with E-state index in [2.05, 4.69) is 29.3 Å². The van der Waals surface area contributed by atoms with Crippen LogP contribution in [0.3, 0.4) is 0 Å². The minimum Gasteiger partial charge on any atom is -0.339 e. The van der Waals surface area contributed by atoms with E-state index in [-0.39, 0.29) is 0 Å². The van der Waals surface area contributed by atoms with E-state index < -0.39 is 0 Å². The Hall–Kier alpha value is -0.900. The summed E-state index contributed by atoms with van der Waals surface area (Å²) in [5.74, 6) is 2.81. The van der Waals surface area contributed by atoms with Crippen LogP contribution in [0.15, 0.2) is 4.52 Å². The summed E-state index contributed by atoms with van der Waals surface area (Å²) in [5, 5.41) is 7.50. The quantitative estimate of drug-likeness (QED) is 0.844. The van der Waals surface area contributed by atoms with Crippen molar-refractivity contribution in [1.29, 1.82) is 0 Å². The minimum absolute atomic E-state index is 0.391. The lowest BCUT2D eigenvalue weighted by Crippen LogP contribution is -2.34. The molecule has 1 aromatic rings. The Labute approximate surface area is 110 Å². The topological polar surface area (TPSA) is 51.0 Å². The van der Waals surface area contributed by atoms with Crippen molar-refractivity contribution in [1.82, 2.24) is 15.5 Å². The summed E-state index contributed by atoms with van der Waals surface area (Å²) in [6.07, 6.45) is 7.31. The number of hydrogen-bond donors (Lipinski definition) is 1. The lowest BCUT2D eigenvalue weighted by Gasteiger charge is -2.20. The average Bonchev–Trinajstić information content (AvgIpc) is 3.05. The van der Waals surface area contributed by atoms with Gasteiger partial charge in [-0.15, -0.1) is 0 Å². The molecule has 102 valence electrons. The Morgan fingerprint density at radius 1 is 1.39 bits per heavy atom. The van der Waals surface area contributed by atoms with Crippen LogP contribution >= 0.6 is 0 Å². The van der Waals surface area contributed by atoms with E-state index >= 15 is 0 Å². The van der Waals surface area contributed by atoms with Crippen LogP contribution < -0.4 is 5.32 Å². The second-order valence-electron chi connectivity index (χ2n) is 5.50. The summed E-state index contributed by atoms with van der Waals surface area (Å²) in [7, 11) is 2.04. The third-order valence-corrected chi connectivity index (χ3v) is 4.27. The first kappa shape index (κ1) is 13.5. The molecular weight excluding hydrogens is 226 g/mol. The monoisotopic (exact) mass is 251 g/mol. The zero-order valence-corrected chi connectivity index (χ0v) is 11.8. The maximum absolute atomic E-state index is 5.38. The van der Waals surface area contributed by atoms with Gasteiger partial charge in [0.2, 0.25) is 5.89 Å². The maximum atomic E-state index is 5.38. The summed E-state index contributed by atoms with van der Waals surface area (Å²) >= 11 is 0. The summed E-state index contributed by atoms with van der Waals surface area (Å²) < 4.78 is 5.38. The average molecular weight is 251 g/mol. The van der Waals surface area contributed by atoms with Gasteiger partial charge in [0, 0.05) is 18.4 Å². The Bertz CT molecular complexity index is 358. The third kappa shape index (κ3) is 3.10. The SMILES string of the molecule is CCC(C)c1noc(CC(NC)C2CCCC2)n1. The molecule has 1 aliphatic rings. The van der Waals surface area contributed by atoms with Crippen molar-refractivity contribution in [3.8, 4) is 0 Å². The number of aromatic nitrogens is 2. The molecule has 4 heteroatoms. The lowest BCUT2D eigenvalue weighted by atomic mass is 9.95. The van der Waals surface area contributed by atoms with E-state index in [9.17, 15) is 0 Å². The molecule has 1 fully saturated rings. The molecule has 1 N–H and O–H groups in total. The van der Waals surface area contributed by atoms with Gasteiger partial charge in [0.15, 0.2) is 5.82 Å². The smallest absolute Gasteiger partial charge is 0.228 e. The van der Waals surface area contributed by atoms with Gasteiger partial charge in [0.25, 0.3) is 0 Å². The van der Waals surface area contributed by atoms with Crippen molar-refractivity contribution in [2.75, 3.05) is 7.05 Å². The van der Waals surface area contributed by atoms with Crippen LogP contribution in [0.25, 0.3) is 0 Å². The summed E-state index contributed by atoms with van der Waals surface area (Å²) in [5.41, 5.74) is 0. The molecule has 0 bridgehead atoms. The third-order valence-electron chi connectivity index (χ3n) is 4.27. The molecule has 0 amide bonds. The summed E-state index contributed by atoms with van der Waals surface area (Å²) in [6.45, 7) is 4.29. The normalized spacial score (nSPS) is 20.2. The predicted octanol–water partition coefficient (Wildman–Crippen LogP) is 2.90. The molecule has 0 aliphatic heterocycles. The number of likely N-dealkylation sites (N-methyl/N-ethyl adjacent to an activating group) is 1. The first-order valence-electron chi connectivity index (χ1n) is 7.24. The van der Waals surface area contributed by atoms with Crippen LogP contribution in [0, 0.1) is 5.92 Å². The molecule has 1 saturated carbocycles. The van der Waals surface area contributed by atoms with Gasteiger partial charge in [-0.25, -0.2) is 0 Å². The van der Waals surface area contributed by atoms with Gasteiger partial charge in [0.05, 0.1) is 0 Å². The molecule has 2 atom stereocenters. The Balaban J connectivity index is 1.96. The number of nitrogens with zero attached hydrogens (tertiary/aromatic N) is 2. The van der Waals surface area contributed by atoms with Crippen LogP contribution in [0.5, 0.6) is 0 Å². The van der Waals surface area contributed by atoms with Gasteiger partial charge in [-0.1, -0.05) is 31.8 Å². The van der Waals surface area contributed by atoms with Gasteiger partial charge < -0.3 is 9.84 Å². The van der Waals surface area contributed by atoms with Crippen LogP contribution in [0.4, 0.5) is 0 Å². The van der Waals surface area contributed by atoms with E-state index in [0.29, 0.717) is 12.0 Å². The molecule has 2 rings (SSSR count). The van der Waals surface area contributed by atoms with Gasteiger partial charge >= 0.3 is 0 Å². The van der Waals surface area contributed by atoms with E-state index in [1.807, 2.05) is 7.05 Å². The van der Waals surface area contributed by atoms with E-state index in [1.54, 1.807) is 0 Å². The molecule has 0 aromatic carbocycles. The Morgan fingerprint density at radius 3 is 2.72 bits per heavy atom. The van der Waals surface area contributed by atoms with Crippen molar-refractivity contribution < 1.29 is 4.52 Å². The fraction of sp³-hybridized carbons (Fsp3) is 0.857. The van der Waals surface area contributed by atoms with Crippen LogP contribution in [-0.4, -0.2) is 23.2 Å². The first-order chi connectivity index (χ1) is 8.74. The van der Waals surface area contributed by atoms with Gasteiger partial charge in [0.1, 0.15) is 0 Å². The largest absolute Gasteiger partial charge is 0.339 e. The summed E-state index contributed by atoms with van der Waals surface area (Å²) in [6, 6.07) is 0.484. The highest BCUT2D eigenvalue weighted by molar-refractivity contribution is 4.96. The highest BCUT2D eigenvalue weighted by Gasteiger charge is 2.26. The second-order valence-corrected chi connectivity index (χ2v) is 5.50. The number of rotatable bonds is 6.